The summed E-state index contributed by atoms with van der Waals surface area (Å²) in [5.74, 6) is 2.26. The highest BCUT2D eigenvalue weighted by Gasteiger charge is 2.29. The molecule has 1 aliphatic heterocycles. The molecule has 0 radical (unpaired) electrons. The summed E-state index contributed by atoms with van der Waals surface area (Å²) in [6.45, 7) is 0.189. The molecule has 1 aliphatic rings. The number of rotatable bonds is 7. The lowest BCUT2D eigenvalue weighted by Gasteiger charge is -2.15. The molecular weight excluding hydrogens is 511 g/mol. The van der Waals surface area contributed by atoms with Gasteiger partial charge in [-0.2, -0.15) is 0 Å². The molecule has 0 saturated carbocycles. The molecular formula is C26H20Cl2O8. The molecule has 1 aromatic heterocycles. The Morgan fingerprint density at radius 3 is 2.33 bits per heavy atom. The summed E-state index contributed by atoms with van der Waals surface area (Å²) in [5.41, 5.74) is 1.50. The molecule has 4 aromatic rings. The van der Waals surface area contributed by atoms with Crippen molar-refractivity contribution >= 4 is 34.2 Å². The fraction of sp³-hybridized carbons (Fsp3) is 0.192. The minimum Gasteiger partial charge on any atom is -0.493 e. The summed E-state index contributed by atoms with van der Waals surface area (Å²) in [4.78, 5) is 13.6. The summed E-state index contributed by atoms with van der Waals surface area (Å²) < 4.78 is 39.3. The van der Waals surface area contributed by atoms with E-state index in [0.717, 1.165) is 5.56 Å². The molecule has 10 heteroatoms. The molecule has 0 amide bonds. The van der Waals surface area contributed by atoms with E-state index in [9.17, 15) is 4.79 Å². The van der Waals surface area contributed by atoms with Crippen LogP contribution in [0.4, 0.5) is 0 Å². The Hall–Kier alpha value is -3.75. The molecule has 0 saturated heterocycles. The van der Waals surface area contributed by atoms with E-state index in [1.54, 1.807) is 36.4 Å². The minimum atomic E-state index is -0.308. The van der Waals surface area contributed by atoms with Gasteiger partial charge in [0.2, 0.25) is 23.7 Å². The number of hydrogen-bond acceptors (Lipinski definition) is 8. The van der Waals surface area contributed by atoms with E-state index >= 15 is 0 Å². The predicted octanol–water partition coefficient (Wildman–Crippen LogP) is 6.10. The van der Waals surface area contributed by atoms with Crippen LogP contribution in [0.2, 0.25) is 10.0 Å². The quantitative estimate of drug-likeness (QED) is 0.283. The third-order valence-corrected chi connectivity index (χ3v) is 6.45. The van der Waals surface area contributed by atoms with Crippen LogP contribution < -0.4 is 33.8 Å². The van der Waals surface area contributed by atoms with Gasteiger partial charge >= 0.3 is 0 Å². The van der Waals surface area contributed by atoms with Crippen LogP contribution in [0, 0.1) is 0 Å². The molecule has 0 atom stereocenters. The molecule has 8 nitrogen and oxygen atoms in total. The Bertz CT molecular complexity index is 1530. The zero-order chi connectivity index (χ0) is 25.4. The van der Waals surface area contributed by atoms with Crippen molar-refractivity contribution in [3.63, 3.8) is 0 Å². The first-order valence-corrected chi connectivity index (χ1v) is 11.5. The summed E-state index contributed by atoms with van der Waals surface area (Å²) in [6, 6.07) is 10.0. The second-order valence-corrected chi connectivity index (χ2v) is 8.55. The molecule has 5 rings (SSSR count). The highest BCUT2D eigenvalue weighted by Crippen LogP contribution is 2.52. The van der Waals surface area contributed by atoms with Gasteiger partial charge in [0.25, 0.3) is 0 Å². The normalized spacial score (nSPS) is 12.0. The Morgan fingerprint density at radius 1 is 0.833 bits per heavy atom. The minimum absolute atomic E-state index is 0.0111. The average Bonchev–Trinajstić information content (AvgIpc) is 3.38. The van der Waals surface area contributed by atoms with E-state index in [1.807, 2.05) is 0 Å². The van der Waals surface area contributed by atoms with Crippen LogP contribution in [-0.2, 0) is 6.61 Å². The van der Waals surface area contributed by atoms with Gasteiger partial charge in [-0.1, -0.05) is 29.3 Å². The molecule has 2 heterocycles. The number of fused-ring (bicyclic) bond motifs is 2. The third-order valence-electron chi connectivity index (χ3n) is 5.71. The van der Waals surface area contributed by atoms with E-state index in [2.05, 4.69) is 0 Å². The molecule has 0 unspecified atom stereocenters. The van der Waals surface area contributed by atoms with Gasteiger partial charge in [0.05, 0.1) is 42.3 Å². The van der Waals surface area contributed by atoms with E-state index < -0.39 is 0 Å². The van der Waals surface area contributed by atoms with Crippen molar-refractivity contribution in [2.75, 3.05) is 28.1 Å². The average molecular weight is 531 g/mol. The van der Waals surface area contributed by atoms with Gasteiger partial charge < -0.3 is 32.8 Å². The van der Waals surface area contributed by atoms with Gasteiger partial charge in [0.1, 0.15) is 18.5 Å². The van der Waals surface area contributed by atoms with Crippen molar-refractivity contribution in [3.8, 4) is 45.6 Å². The summed E-state index contributed by atoms with van der Waals surface area (Å²) >= 11 is 12.1. The van der Waals surface area contributed by atoms with Crippen LogP contribution >= 0.6 is 23.2 Å². The molecule has 36 heavy (non-hydrogen) atoms. The zero-order valence-corrected chi connectivity index (χ0v) is 21.0. The Labute approximate surface area is 215 Å². The van der Waals surface area contributed by atoms with Crippen LogP contribution in [0.25, 0.3) is 22.1 Å². The predicted molar refractivity (Wildman–Crippen MR) is 134 cm³/mol. The van der Waals surface area contributed by atoms with Crippen molar-refractivity contribution in [2.45, 2.75) is 6.61 Å². The molecule has 0 fully saturated rings. The second kappa shape index (κ2) is 9.72. The molecule has 0 aliphatic carbocycles. The van der Waals surface area contributed by atoms with Gasteiger partial charge in [-0.3, -0.25) is 4.79 Å². The summed E-state index contributed by atoms with van der Waals surface area (Å²) in [6.07, 6.45) is 1.36. The fourth-order valence-corrected chi connectivity index (χ4v) is 4.28. The number of halogens is 2. The fourth-order valence-electron chi connectivity index (χ4n) is 3.95. The lowest BCUT2D eigenvalue weighted by Crippen LogP contribution is -2.07. The van der Waals surface area contributed by atoms with Crippen molar-refractivity contribution in [2.24, 2.45) is 0 Å². The smallest absolute Gasteiger partial charge is 0.231 e. The maximum Gasteiger partial charge on any atom is 0.231 e. The first-order valence-electron chi connectivity index (χ1n) is 10.7. The Morgan fingerprint density at radius 2 is 1.61 bits per heavy atom. The third kappa shape index (κ3) is 4.12. The number of methoxy groups -OCH3 is 3. The largest absolute Gasteiger partial charge is 0.493 e. The molecule has 0 N–H and O–H groups in total. The molecule has 186 valence electrons. The number of hydrogen-bond donors (Lipinski definition) is 0. The van der Waals surface area contributed by atoms with Crippen molar-refractivity contribution < 1.29 is 32.8 Å². The van der Waals surface area contributed by atoms with Gasteiger partial charge in [0.15, 0.2) is 23.0 Å². The topological polar surface area (TPSA) is 85.6 Å². The lowest BCUT2D eigenvalue weighted by molar-refractivity contribution is 0.168. The van der Waals surface area contributed by atoms with Crippen LogP contribution in [0.15, 0.2) is 51.9 Å². The molecule has 0 bridgehead atoms. The SMILES string of the molecule is COc1cc2occ(-c3cc(OC)c4c(c3OC)OCO4)c(=O)c2cc1OCc1ccc(Cl)c(Cl)c1. The van der Waals surface area contributed by atoms with E-state index in [1.165, 1.54) is 27.6 Å². The van der Waals surface area contributed by atoms with Crippen LogP contribution in [0.1, 0.15) is 5.56 Å². The first-order chi connectivity index (χ1) is 17.4. The monoisotopic (exact) mass is 530 g/mol. The van der Waals surface area contributed by atoms with Gasteiger partial charge in [-0.15, -0.1) is 0 Å². The van der Waals surface area contributed by atoms with Crippen molar-refractivity contribution in [1.29, 1.82) is 0 Å². The van der Waals surface area contributed by atoms with Crippen molar-refractivity contribution in [3.05, 3.63) is 68.5 Å². The second-order valence-electron chi connectivity index (χ2n) is 7.74. The lowest BCUT2D eigenvalue weighted by atomic mass is 10.0. The maximum absolute atomic E-state index is 13.6. The Kier molecular flexibility index (Phi) is 6.47. The number of ether oxygens (including phenoxy) is 6. The van der Waals surface area contributed by atoms with Crippen LogP contribution in [0.5, 0.6) is 34.5 Å². The van der Waals surface area contributed by atoms with Crippen LogP contribution in [0.3, 0.4) is 0 Å². The van der Waals surface area contributed by atoms with E-state index in [0.29, 0.717) is 55.7 Å². The maximum atomic E-state index is 13.6. The molecule has 3 aromatic carbocycles. The van der Waals surface area contributed by atoms with E-state index in [4.69, 9.17) is 56.0 Å². The summed E-state index contributed by atoms with van der Waals surface area (Å²) in [5, 5.41) is 1.15. The first kappa shape index (κ1) is 24.0. The highest BCUT2D eigenvalue weighted by atomic mass is 35.5. The standard InChI is InChI=1S/C26H20Cl2O8/c1-30-20-9-19-15(8-21(20)33-10-13-4-5-17(27)18(28)6-13)23(29)16(11-34-19)14-7-22(31-2)25-26(24(14)32-3)36-12-35-25/h4-9,11H,10,12H2,1-3H3. The van der Waals surface area contributed by atoms with Crippen molar-refractivity contribution in [1.82, 2.24) is 0 Å². The highest BCUT2D eigenvalue weighted by molar-refractivity contribution is 6.42. The Balaban J connectivity index is 1.60. The van der Waals surface area contributed by atoms with Gasteiger partial charge in [0, 0.05) is 11.6 Å². The number of benzene rings is 3. The van der Waals surface area contributed by atoms with Gasteiger partial charge in [-0.25, -0.2) is 0 Å². The van der Waals surface area contributed by atoms with Gasteiger partial charge in [-0.05, 0) is 29.8 Å². The van der Waals surface area contributed by atoms with Crippen LogP contribution in [-0.4, -0.2) is 28.1 Å². The molecule has 0 spiro atoms. The summed E-state index contributed by atoms with van der Waals surface area (Å²) in [7, 11) is 4.49. The zero-order valence-electron chi connectivity index (χ0n) is 19.5. The van der Waals surface area contributed by atoms with E-state index in [-0.39, 0.29) is 29.8 Å².